The van der Waals surface area contributed by atoms with Gasteiger partial charge in [0.05, 0.1) is 20.4 Å². The molecule has 4 rings (SSSR count). The summed E-state index contributed by atoms with van der Waals surface area (Å²) in [6, 6.07) is 18.8. The minimum atomic E-state index is -4.53. The molecule has 0 aromatic heterocycles. The first kappa shape index (κ1) is 25.7. The molecule has 0 radical (unpaired) electrons. The Bertz CT molecular complexity index is 1670. The minimum absolute atomic E-state index is 0.266. The number of hydrogen-bond acceptors (Lipinski definition) is 7. The number of allylic oxidation sites excluding steroid dienone is 4. The molecule has 0 atom stereocenters. The first-order chi connectivity index (χ1) is 16.9. The standard InChI is InChI=1S/C24H16ClNO7S3/c25-17-11-13-21(14-12-17)36(32,33)26-18-15-22(34(28,29)19-7-3-1-4-8-19)24(27)23(16-18)35(30,31)20-9-5-2-6-10-20/h1-16H. The van der Waals surface area contributed by atoms with Gasteiger partial charge in [-0.2, -0.15) is 12.8 Å². The molecule has 1 aliphatic rings. The van der Waals surface area contributed by atoms with Crippen LogP contribution < -0.4 is 0 Å². The molecule has 0 amide bonds. The molecular weight excluding hydrogens is 546 g/mol. The van der Waals surface area contributed by atoms with Gasteiger partial charge in [-0.15, -0.1) is 0 Å². The number of carbonyl (C=O) groups is 1. The summed E-state index contributed by atoms with van der Waals surface area (Å²) in [7, 11) is -13.5. The predicted molar refractivity (Wildman–Crippen MR) is 135 cm³/mol. The van der Waals surface area contributed by atoms with Gasteiger partial charge in [0.1, 0.15) is 9.81 Å². The van der Waals surface area contributed by atoms with E-state index in [2.05, 4.69) is 4.40 Å². The van der Waals surface area contributed by atoms with E-state index in [1.807, 2.05) is 0 Å². The lowest BCUT2D eigenvalue weighted by Crippen LogP contribution is -2.25. The maximum atomic E-state index is 13.3. The molecule has 0 spiro atoms. The second kappa shape index (κ2) is 9.58. The van der Waals surface area contributed by atoms with Crippen LogP contribution in [0.15, 0.2) is 126 Å². The van der Waals surface area contributed by atoms with Crippen LogP contribution >= 0.6 is 11.6 Å². The zero-order valence-electron chi connectivity index (χ0n) is 18.1. The van der Waals surface area contributed by atoms with E-state index < -0.39 is 51.0 Å². The highest BCUT2D eigenvalue weighted by atomic mass is 35.5. The fourth-order valence-electron chi connectivity index (χ4n) is 3.27. The van der Waals surface area contributed by atoms with Crippen molar-refractivity contribution in [2.75, 3.05) is 0 Å². The Labute approximate surface area is 213 Å². The van der Waals surface area contributed by atoms with E-state index >= 15 is 0 Å². The average Bonchev–Trinajstić information content (AvgIpc) is 2.86. The predicted octanol–water partition coefficient (Wildman–Crippen LogP) is 3.77. The Kier molecular flexibility index (Phi) is 6.84. The lowest BCUT2D eigenvalue weighted by Gasteiger charge is -2.16. The lowest BCUT2D eigenvalue weighted by atomic mass is 10.1. The molecule has 0 bridgehead atoms. The van der Waals surface area contributed by atoms with Gasteiger partial charge in [-0.3, -0.25) is 4.79 Å². The van der Waals surface area contributed by atoms with Gasteiger partial charge < -0.3 is 0 Å². The molecule has 0 unspecified atom stereocenters. The number of rotatable bonds is 6. The number of sulfone groups is 2. The summed E-state index contributed by atoms with van der Waals surface area (Å²) >= 11 is 5.80. The van der Waals surface area contributed by atoms with E-state index in [-0.39, 0.29) is 19.7 Å². The van der Waals surface area contributed by atoms with Crippen LogP contribution in [0.2, 0.25) is 5.02 Å². The number of benzene rings is 3. The highest BCUT2D eigenvalue weighted by Crippen LogP contribution is 2.31. The van der Waals surface area contributed by atoms with Crippen molar-refractivity contribution >= 4 is 52.8 Å². The van der Waals surface area contributed by atoms with Crippen molar-refractivity contribution in [2.45, 2.75) is 14.7 Å². The summed E-state index contributed by atoms with van der Waals surface area (Å²) in [6.07, 6.45) is 1.50. The molecule has 12 heteroatoms. The van der Waals surface area contributed by atoms with Gasteiger partial charge in [-0.25, -0.2) is 16.8 Å². The van der Waals surface area contributed by atoms with Gasteiger partial charge in [-0.05, 0) is 60.7 Å². The topological polar surface area (TPSA) is 132 Å². The zero-order valence-corrected chi connectivity index (χ0v) is 21.4. The van der Waals surface area contributed by atoms with Crippen molar-refractivity contribution in [1.82, 2.24) is 0 Å². The van der Waals surface area contributed by atoms with E-state index in [1.54, 1.807) is 12.1 Å². The number of sulfonamides is 1. The Hall–Kier alpha value is -3.38. The fourth-order valence-corrected chi connectivity index (χ4v) is 7.22. The van der Waals surface area contributed by atoms with Crippen molar-refractivity contribution in [1.29, 1.82) is 0 Å². The first-order valence-corrected chi connectivity index (χ1v) is 14.9. The number of nitrogens with zero attached hydrogens (tertiary/aromatic N) is 1. The Balaban J connectivity index is 1.94. The molecule has 0 saturated carbocycles. The van der Waals surface area contributed by atoms with Gasteiger partial charge in [0.2, 0.25) is 25.5 Å². The van der Waals surface area contributed by atoms with Crippen LogP contribution in [0.5, 0.6) is 0 Å². The third-order valence-corrected chi connectivity index (χ3v) is 10.1. The number of halogens is 1. The number of carbonyl (C=O) groups excluding carboxylic acids is 1. The molecule has 3 aromatic rings. The minimum Gasteiger partial charge on any atom is -0.287 e. The molecule has 8 nitrogen and oxygen atoms in total. The highest BCUT2D eigenvalue weighted by molar-refractivity contribution is 7.98. The van der Waals surface area contributed by atoms with Crippen LogP contribution in [-0.4, -0.2) is 36.7 Å². The van der Waals surface area contributed by atoms with Gasteiger partial charge in [0.25, 0.3) is 10.0 Å². The molecule has 0 N–H and O–H groups in total. The molecule has 0 saturated heterocycles. The lowest BCUT2D eigenvalue weighted by molar-refractivity contribution is -0.111. The molecule has 0 aliphatic heterocycles. The molecule has 184 valence electrons. The summed E-state index contributed by atoms with van der Waals surface area (Å²) in [5.41, 5.74) is -0.548. The van der Waals surface area contributed by atoms with Crippen molar-refractivity contribution in [2.24, 2.45) is 4.40 Å². The second-order valence-electron chi connectivity index (χ2n) is 7.42. The van der Waals surface area contributed by atoms with Crippen LogP contribution in [-0.2, 0) is 34.5 Å². The summed E-state index contributed by atoms with van der Waals surface area (Å²) in [5.74, 6) is -1.30. The quantitative estimate of drug-likeness (QED) is 0.418. The Morgan fingerprint density at radius 1 is 0.556 bits per heavy atom. The van der Waals surface area contributed by atoms with Crippen LogP contribution in [0.3, 0.4) is 0 Å². The van der Waals surface area contributed by atoms with Crippen LogP contribution in [0, 0.1) is 0 Å². The van der Waals surface area contributed by atoms with E-state index in [0.29, 0.717) is 0 Å². The van der Waals surface area contributed by atoms with Crippen molar-refractivity contribution < 1.29 is 30.0 Å². The molecule has 0 heterocycles. The third kappa shape index (κ3) is 4.96. The summed E-state index contributed by atoms with van der Waals surface area (Å²) in [5, 5.41) is 0.275. The van der Waals surface area contributed by atoms with Gasteiger partial charge in [-0.1, -0.05) is 48.0 Å². The molecular formula is C24H16ClNO7S3. The van der Waals surface area contributed by atoms with Crippen molar-refractivity contribution in [3.63, 3.8) is 0 Å². The van der Waals surface area contributed by atoms with Gasteiger partial charge in [0.15, 0.2) is 0 Å². The number of Topliss-reactive ketones (excluding diaryl/α,β-unsaturated/α-hetero) is 1. The molecule has 3 aromatic carbocycles. The SMILES string of the molecule is O=C1C(S(=O)(=O)c2ccccc2)=CC(=NS(=O)(=O)c2ccc(Cl)cc2)C=C1S(=O)(=O)c1ccccc1. The summed E-state index contributed by atoms with van der Waals surface area (Å²) in [6.45, 7) is 0. The second-order valence-corrected chi connectivity index (χ2v) is 13.3. The molecule has 36 heavy (non-hydrogen) atoms. The smallest absolute Gasteiger partial charge is 0.282 e. The summed E-state index contributed by atoms with van der Waals surface area (Å²) < 4.78 is 82.6. The normalized spacial score (nSPS) is 14.7. The Morgan fingerprint density at radius 3 is 1.39 bits per heavy atom. The average molecular weight is 562 g/mol. The Morgan fingerprint density at radius 2 is 0.972 bits per heavy atom. The van der Waals surface area contributed by atoms with E-state index in [4.69, 9.17) is 11.6 Å². The maximum absolute atomic E-state index is 13.3. The fraction of sp³-hybridized carbons (Fsp3) is 0. The monoisotopic (exact) mass is 561 g/mol. The van der Waals surface area contributed by atoms with E-state index in [1.165, 1.54) is 72.8 Å². The van der Waals surface area contributed by atoms with Crippen molar-refractivity contribution in [3.05, 3.63) is 112 Å². The van der Waals surface area contributed by atoms with Crippen LogP contribution in [0.1, 0.15) is 0 Å². The molecule has 0 fully saturated rings. The van der Waals surface area contributed by atoms with Gasteiger partial charge in [0, 0.05) is 5.02 Å². The summed E-state index contributed by atoms with van der Waals surface area (Å²) in [4.78, 5) is 10.6. The van der Waals surface area contributed by atoms with Crippen LogP contribution in [0.4, 0.5) is 0 Å². The van der Waals surface area contributed by atoms with E-state index in [9.17, 15) is 30.0 Å². The van der Waals surface area contributed by atoms with Gasteiger partial charge >= 0.3 is 0 Å². The molecule has 1 aliphatic carbocycles. The maximum Gasteiger partial charge on any atom is 0.282 e. The number of ketones is 1. The first-order valence-electron chi connectivity index (χ1n) is 10.1. The number of hydrogen-bond donors (Lipinski definition) is 0. The largest absolute Gasteiger partial charge is 0.287 e. The third-order valence-electron chi connectivity index (χ3n) is 5.03. The zero-order chi connectivity index (χ0) is 26.1. The van der Waals surface area contributed by atoms with E-state index in [0.717, 1.165) is 12.2 Å². The van der Waals surface area contributed by atoms with Crippen LogP contribution in [0.25, 0.3) is 0 Å². The highest BCUT2D eigenvalue weighted by Gasteiger charge is 2.38. The van der Waals surface area contributed by atoms with Crippen molar-refractivity contribution in [3.8, 4) is 0 Å².